The predicted molar refractivity (Wildman–Crippen MR) is 101 cm³/mol. The fourth-order valence-corrected chi connectivity index (χ4v) is 2.91. The molecule has 2 heterocycles. The summed E-state index contributed by atoms with van der Waals surface area (Å²) in [6.45, 7) is 15.4. The summed E-state index contributed by atoms with van der Waals surface area (Å²) < 4.78 is 19.5. The molecule has 0 N–H and O–H groups in total. The average molecular weight is 358 g/mol. The zero-order valence-corrected chi connectivity index (χ0v) is 16.8. The highest BCUT2D eigenvalue weighted by molar-refractivity contribution is 6.45. The third-order valence-corrected chi connectivity index (χ3v) is 4.96. The maximum Gasteiger partial charge on any atom is 0.616 e. The molecule has 1 fully saturated rings. The number of rotatable bonds is 2. The monoisotopic (exact) mass is 358 g/mol. The van der Waals surface area contributed by atoms with Crippen molar-refractivity contribution >= 4 is 24.1 Å². The van der Waals surface area contributed by atoms with Crippen molar-refractivity contribution in [3.05, 3.63) is 29.5 Å². The number of fused-ring (bicyclic) bond motifs is 1. The van der Waals surface area contributed by atoms with Crippen molar-refractivity contribution < 1.29 is 18.8 Å². The van der Waals surface area contributed by atoms with Gasteiger partial charge in [0.15, 0.2) is 5.69 Å². The number of hydrogen-bond donors (Lipinski definition) is 0. The van der Waals surface area contributed by atoms with E-state index in [0.29, 0.717) is 0 Å². The minimum absolute atomic E-state index is 0.272. The van der Waals surface area contributed by atoms with E-state index in [0.717, 1.165) is 16.5 Å². The Labute approximate surface area is 155 Å². The van der Waals surface area contributed by atoms with Gasteiger partial charge in [-0.25, -0.2) is 4.79 Å². The van der Waals surface area contributed by atoms with Crippen molar-refractivity contribution in [3.63, 3.8) is 0 Å². The molecule has 0 aliphatic carbocycles. The molecule has 7 heteroatoms. The highest BCUT2D eigenvalue weighted by atomic mass is 16.7. The summed E-state index contributed by atoms with van der Waals surface area (Å²) in [4.78, 5) is 12.7. The van der Waals surface area contributed by atoms with Gasteiger partial charge in [-0.15, -0.1) is 0 Å². The normalized spacial score (nSPS) is 19.2. The first-order chi connectivity index (χ1) is 11.8. The van der Waals surface area contributed by atoms with E-state index in [1.165, 1.54) is 0 Å². The molecular formula is C19H27BN2O4. The van der Waals surface area contributed by atoms with E-state index >= 15 is 0 Å². The Hall–Kier alpha value is -1.86. The van der Waals surface area contributed by atoms with Crippen LogP contribution < -0.4 is 0 Å². The van der Waals surface area contributed by atoms with Crippen LogP contribution in [0.1, 0.15) is 64.5 Å². The van der Waals surface area contributed by atoms with E-state index < -0.39 is 30.0 Å². The lowest BCUT2D eigenvalue weighted by atomic mass is 9.90. The molecular weight excluding hydrogens is 331 g/mol. The van der Waals surface area contributed by atoms with Gasteiger partial charge < -0.3 is 14.0 Å². The molecule has 0 radical (unpaired) electrons. The van der Waals surface area contributed by atoms with Crippen LogP contribution in [0.2, 0.25) is 0 Å². The largest absolute Gasteiger partial charge is 0.616 e. The molecule has 140 valence electrons. The van der Waals surface area contributed by atoms with E-state index in [1.807, 2.05) is 73.6 Å². The van der Waals surface area contributed by atoms with Gasteiger partial charge in [0.05, 0.1) is 16.7 Å². The molecule has 1 aliphatic rings. The van der Waals surface area contributed by atoms with Gasteiger partial charge in [0.1, 0.15) is 5.60 Å². The Kier molecular flexibility index (Phi) is 4.24. The number of aromatic nitrogens is 2. The van der Waals surface area contributed by atoms with E-state index in [9.17, 15) is 4.79 Å². The van der Waals surface area contributed by atoms with E-state index in [-0.39, 0.29) is 5.69 Å². The SMILES string of the molecule is Cc1cccc2c(C(=O)OC(C)(C)C)nn(B3OC(C)(C)C(C)(C)O3)c12. The smallest absolute Gasteiger partial charge is 0.455 e. The van der Waals surface area contributed by atoms with Gasteiger partial charge in [-0.2, -0.15) is 5.10 Å². The van der Waals surface area contributed by atoms with Crippen LogP contribution in [0.25, 0.3) is 10.9 Å². The van der Waals surface area contributed by atoms with Crippen LogP contribution in [0.4, 0.5) is 0 Å². The van der Waals surface area contributed by atoms with Crippen molar-refractivity contribution in [1.82, 2.24) is 9.69 Å². The maximum atomic E-state index is 12.7. The summed E-state index contributed by atoms with van der Waals surface area (Å²) in [6, 6.07) is 5.75. The van der Waals surface area contributed by atoms with Crippen LogP contribution in [-0.4, -0.2) is 39.7 Å². The van der Waals surface area contributed by atoms with Crippen LogP contribution in [-0.2, 0) is 14.0 Å². The van der Waals surface area contributed by atoms with E-state index in [2.05, 4.69) is 5.10 Å². The maximum absolute atomic E-state index is 12.7. The van der Waals surface area contributed by atoms with Gasteiger partial charge in [-0.05, 0) is 61.0 Å². The van der Waals surface area contributed by atoms with Crippen LogP contribution in [0, 0.1) is 6.92 Å². The van der Waals surface area contributed by atoms with E-state index in [4.69, 9.17) is 14.0 Å². The molecule has 0 amide bonds. The Balaban J connectivity index is 2.12. The first-order valence-electron chi connectivity index (χ1n) is 8.89. The summed E-state index contributed by atoms with van der Waals surface area (Å²) in [5.41, 5.74) is 0.483. The van der Waals surface area contributed by atoms with Gasteiger partial charge in [0.2, 0.25) is 0 Å². The van der Waals surface area contributed by atoms with Crippen molar-refractivity contribution in [2.24, 2.45) is 0 Å². The second-order valence-corrected chi connectivity index (χ2v) is 8.83. The Morgan fingerprint density at radius 2 is 1.73 bits per heavy atom. The van der Waals surface area contributed by atoms with Crippen LogP contribution >= 0.6 is 0 Å². The van der Waals surface area contributed by atoms with Crippen LogP contribution in [0.15, 0.2) is 18.2 Å². The standard InChI is InChI=1S/C19H27BN2O4/c1-12-10-9-11-13-14(16(23)24-17(2,3)4)21-22(15(12)13)20-25-18(5,6)19(7,8)26-20/h9-11H,1-8H3. The molecule has 0 saturated carbocycles. The van der Waals surface area contributed by atoms with Crippen molar-refractivity contribution in [3.8, 4) is 0 Å². The number of esters is 1. The molecule has 3 rings (SSSR count). The lowest BCUT2D eigenvalue weighted by Gasteiger charge is -2.32. The van der Waals surface area contributed by atoms with Gasteiger partial charge in [-0.1, -0.05) is 18.2 Å². The average Bonchev–Trinajstić information content (AvgIpc) is 2.94. The zero-order chi connectivity index (χ0) is 19.5. The summed E-state index contributed by atoms with van der Waals surface area (Å²) in [5, 5.41) is 5.27. The molecule has 0 spiro atoms. The number of benzene rings is 1. The number of hydrogen-bond acceptors (Lipinski definition) is 5. The first kappa shape index (κ1) is 18.9. The van der Waals surface area contributed by atoms with Crippen LogP contribution in [0.5, 0.6) is 0 Å². The van der Waals surface area contributed by atoms with Gasteiger partial charge in [0, 0.05) is 5.39 Å². The summed E-state index contributed by atoms with van der Waals surface area (Å²) >= 11 is 0. The number of aryl methyl sites for hydroxylation is 1. The molecule has 1 aliphatic heterocycles. The Bertz CT molecular complexity index is 848. The highest BCUT2D eigenvalue weighted by Gasteiger charge is 2.54. The topological polar surface area (TPSA) is 62.6 Å². The van der Waals surface area contributed by atoms with Gasteiger partial charge >= 0.3 is 13.2 Å². The zero-order valence-electron chi connectivity index (χ0n) is 16.8. The summed E-state index contributed by atoms with van der Waals surface area (Å²) in [7, 11) is -0.709. The Morgan fingerprint density at radius 1 is 1.15 bits per heavy atom. The molecule has 26 heavy (non-hydrogen) atoms. The third-order valence-electron chi connectivity index (χ3n) is 4.96. The number of carbonyl (C=O) groups excluding carboxylic acids is 1. The van der Waals surface area contributed by atoms with Crippen molar-refractivity contribution in [2.45, 2.75) is 72.2 Å². The predicted octanol–water partition coefficient (Wildman–Crippen LogP) is 3.74. The summed E-state index contributed by atoms with van der Waals surface area (Å²) in [6.07, 6.45) is 0. The van der Waals surface area contributed by atoms with Gasteiger partial charge in [-0.3, -0.25) is 4.59 Å². The van der Waals surface area contributed by atoms with E-state index in [1.54, 1.807) is 4.59 Å². The number of nitrogens with zero attached hydrogens (tertiary/aromatic N) is 2. The summed E-state index contributed by atoms with van der Waals surface area (Å²) in [5.74, 6) is -0.455. The van der Waals surface area contributed by atoms with Crippen molar-refractivity contribution in [2.75, 3.05) is 0 Å². The van der Waals surface area contributed by atoms with Crippen LogP contribution in [0.3, 0.4) is 0 Å². The molecule has 2 aromatic rings. The third kappa shape index (κ3) is 3.14. The molecule has 1 saturated heterocycles. The lowest BCUT2D eigenvalue weighted by Crippen LogP contribution is -2.41. The lowest BCUT2D eigenvalue weighted by molar-refractivity contribution is 0.00578. The molecule has 0 bridgehead atoms. The second kappa shape index (κ2) is 5.82. The molecule has 0 atom stereocenters. The number of ether oxygens (including phenoxy) is 1. The minimum atomic E-state index is -0.709. The molecule has 0 unspecified atom stereocenters. The first-order valence-corrected chi connectivity index (χ1v) is 8.89. The number of para-hydroxylation sites is 1. The van der Waals surface area contributed by atoms with Crippen molar-refractivity contribution in [1.29, 1.82) is 0 Å². The molecule has 6 nitrogen and oxygen atoms in total. The second-order valence-electron chi connectivity index (χ2n) is 8.83. The highest BCUT2D eigenvalue weighted by Crippen LogP contribution is 2.38. The molecule has 1 aromatic carbocycles. The Morgan fingerprint density at radius 3 is 2.27 bits per heavy atom. The molecule has 1 aromatic heterocycles. The van der Waals surface area contributed by atoms with Gasteiger partial charge in [0.25, 0.3) is 0 Å². The fraction of sp³-hybridized carbons (Fsp3) is 0.579. The number of carbonyl (C=O) groups is 1. The quantitative estimate of drug-likeness (QED) is 0.605. The minimum Gasteiger partial charge on any atom is -0.455 e. The fourth-order valence-electron chi connectivity index (χ4n) is 2.91.